The Morgan fingerprint density at radius 1 is 1.39 bits per heavy atom. The third-order valence-corrected chi connectivity index (χ3v) is 4.53. The van der Waals surface area contributed by atoms with Gasteiger partial charge in [-0.05, 0) is 31.9 Å². The van der Waals surface area contributed by atoms with Gasteiger partial charge in [0.05, 0.1) is 12.8 Å². The molecule has 0 saturated heterocycles. The van der Waals surface area contributed by atoms with Gasteiger partial charge in [-0.2, -0.15) is 5.10 Å². The van der Waals surface area contributed by atoms with Crippen LogP contribution in [0.1, 0.15) is 36.0 Å². The summed E-state index contributed by atoms with van der Waals surface area (Å²) >= 11 is 11.8. The number of halogens is 1. The Hall–Kier alpha value is -1.66. The number of carbonyl (C=O) groups is 1. The number of aryl methyl sites for hydroxylation is 3. The molecule has 0 aromatic carbocycles. The van der Waals surface area contributed by atoms with Gasteiger partial charge in [0.25, 0.3) is 0 Å². The quantitative estimate of drug-likeness (QED) is 0.607. The van der Waals surface area contributed by atoms with E-state index in [1.165, 1.54) is 7.11 Å². The number of esters is 1. The lowest BCUT2D eigenvalue weighted by molar-refractivity contribution is 0.0587. The standard InChI is InChI=1S/C15H18ClN3O2S.CH4/c1-6-19-13(15(20)21-5)10(16)11(17-19)12-8(2)7-9(3)14(22)18(12)4;/h7H,6H2,1-5H3;1H4. The van der Waals surface area contributed by atoms with Crippen LogP contribution in [-0.2, 0) is 18.3 Å². The van der Waals surface area contributed by atoms with Crippen molar-refractivity contribution in [2.75, 3.05) is 7.11 Å². The van der Waals surface area contributed by atoms with Crippen LogP contribution >= 0.6 is 23.8 Å². The molecule has 0 aliphatic carbocycles. The molecule has 2 aromatic rings. The summed E-state index contributed by atoms with van der Waals surface area (Å²) in [4.78, 5) is 12.0. The fourth-order valence-electron chi connectivity index (χ4n) is 2.54. The highest BCUT2D eigenvalue weighted by Gasteiger charge is 2.25. The van der Waals surface area contributed by atoms with Gasteiger partial charge in [0.15, 0.2) is 5.69 Å². The zero-order valence-corrected chi connectivity index (χ0v) is 14.8. The van der Waals surface area contributed by atoms with Gasteiger partial charge in [-0.25, -0.2) is 4.79 Å². The Morgan fingerprint density at radius 2 is 2.00 bits per heavy atom. The molecule has 0 amide bonds. The Bertz CT molecular complexity index is 809. The molecule has 126 valence electrons. The zero-order valence-electron chi connectivity index (χ0n) is 13.2. The van der Waals surface area contributed by atoms with Crippen molar-refractivity contribution >= 4 is 29.8 Å². The number of methoxy groups -OCH3 is 1. The molecule has 7 heteroatoms. The summed E-state index contributed by atoms with van der Waals surface area (Å²) in [6.07, 6.45) is 0. The summed E-state index contributed by atoms with van der Waals surface area (Å²) in [5.41, 5.74) is 3.60. The molecule has 5 nitrogen and oxygen atoms in total. The predicted octanol–water partition coefficient (Wildman–Crippen LogP) is 4.33. The van der Waals surface area contributed by atoms with Crippen molar-refractivity contribution in [1.82, 2.24) is 14.3 Å². The van der Waals surface area contributed by atoms with Crippen LogP contribution in [0.5, 0.6) is 0 Å². The molecule has 2 rings (SSSR count). The van der Waals surface area contributed by atoms with E-state index in [1.807, 2.05) is 38.5 Å². The lowest BCUT2D eigenvalue weighted by Crippen LogP contribution is -2.11. The molecule has 0 atom stereocenters. The maximum Gasteiger partial charge on any atom is 0.357 e. The molecule has 2 heterocycles. The van der Waals surface area contributed by atoms with Gasteiger partial charge < -0.3 is 9.30 Å². The molecule has 0 N–H and O–H groups in total. The molecule has 0 fully saturated rings. The Balaban J connectivity index is 0.00000264. The third kappa shape index (κ3) is 3.19. The highest BCUT2D eigenvalue weighted by Crippen LogP contribution is 2.33. The minimum Gasteiger partial charge on any atom is -0.464 e. The number of rotatable bonds is 3. The minimum absolute atomic E-state index is 0. The monoisotopic (exact) mass is 355 g/mol. The summed E-state index contributed by atoms with van der Waals surface area (Å²) in [7, 11) is 3.20. The first-order valence-corrected chi connectivity index (χ1v) is 7.64. The number of hydrogen-bond acceptors (Lipinski definition) is 4. The van der Waals surface area contributed by atoms with Crippen molar-refractivity contribution in [1.29, 1.82) is 0 Å². The fourth-order valence-corrected chi connectivity index (χ4v) is 3.00. The van der Waals surface area contributed by atoms with Crippen LogP contribution in [0.2, 0.25) is 5.02 Å². The highest BCUT2D eigenvalue weighted by molar-refractivity contribution is 7.71. The second kappa shape index (κ2) is 7.27. The summed E-state index contributed by atoms with van der Waals surface area (Å²) < 4.78 is 8.93. The van der Waals surface area contributed by atoms with E-state index in [-0.39, 0.29) is 18.1 Å². The van der Waals surface area contributed by atoms with Crippen LogP contribution in [0, 0.1) is 18.5 Å². The van der Waals surface area contributed by atoms with Gasteiger partial charge in [0.1, 0.15) is 15.4 Å². The molecule has 0 unspecified atom stereocenters. The van der Waals surface area contributed by atoms with Crippen molar-refractivity contribution in [2.45, 2.75) is 34.7 Å². The van der Waals surface area contributed by atoms with E-state index in [4.69, 9.17) is 28.6 Å². The van der Waals surface area contributed by atoms with Crippen LogP contribution in [0.4, 0.5) is 0 Å². The Labute approximate surface area is 146 Å². The summed E-state index contributed by atoms with van der Waals surface area (Å²) in [6.45, 7) is 6.33. The molecule has 2 aromatic heterocycles. The number of nitrogens with zero attached hydrogens (tertiary/aromatic N) is 3. The van der Waals surface area contributed by atoms with Gasteiger partial charge in [-0.1, -0.05) is 37.3 Å². The van der Waals surface area contributed by atoms with E-state index in [1.54, 1.807) is 4.68 Å². The average molecular weight is 356 g/mol. The Kier molecular flexibility index (Phi) is 6.13. The molecule has 23 heavy (non-hydrogen) atoms. The van der Waals surface area contributed by atoms with Gasteiger partial charge in [0.2, 0.25) is 0 Å². The van der Waals surface area contributed by atoms with E-state index < -0.39 is 5.97 Å². The maximum atomic E-state index is 12.0. The van der Waals surface area contributed by atoms with E-state index in [0.29, 0.717) is 16.9 Å². The first-order chi connectivity index (χ1) is 10.3. The largest absolute Gasteiger partial charge is 0.464 e. The molecule has 0 aliphatic heterocycles. The van der Waals surface area contributed by atoms with Crippen LogP contribution < -0.4 is 0 Å². The minimum atomic E-state index is -0.503. The highest BCUT2D eigenvalue weighted by atomic mass is 35.5. The molecule has 0 spiro atoms. The van der Waals surface area contributed by atoms with Gasteiger partial charge in [-0.3, -0.25) is 4.68 Å². The smallest absolute Gasteiger partial charge is 0.357 e. The lowest BCUT2D eigenvalue weighted by Gasteiger charge is -2.12. The second-order valence-electron chi connectivity index (χ2n) is 5.04. The predicted molar refractivity (Wildman–Crippen MR) is 95.7 cm³/mol. The van der Waals surface area contributed by atoms with Crippen molar-refractivity contribution in [3.05, 3.63) is 32.6 Å². The summed E-state index contributed by atoms with van der Waals surface area (Å²) in [6, 6.07) is 2.00. The second-order valence-corrected chi connectivity index (χ2v) is 5.81. The number of hydrogen-bond donors (Lipinski definition) is 0. The summed E-state index contributed by atoms with van der Waals surface area (Å²) in [5.74, 6) is -0.503. The molecular formula is C16H22ClN3O2S. The van der Waals surface area contributed by atoms with Crippen LogP contribution in [0.15, 0.2) is 6.07 Å². The first-order valence-electron chi connectivity index (χ1n) is 6.85. The van der Waals surface area contributed by atoms with Gasteiger partial charge >= 0.3 is 5.97 Å². The van der Waals surface area contributed by atoms with E-state index in [2.05, 4.69) is 5.10 Å². The zero-order chi connectivity index (χ0) is 16.6. The molecule has 0 saturated carbocycles. The third-order valence-electron chi connectivity index (χ3n) is 3.58. The lowest BCUT2D eigenvalue weighted by atomic mass is 10.1. The first kappa shape index (κ1) is 19.4. The number of aromatic nitrogens is 3. The van der Waals surface area contributed by atoms with Gasteiger partial charge in [-0.15, -0.1) is 0 Å². The summed E-state index contributed by atoms with van der Waals surface area (Å²) in [5, 5.41) is 4.76. The fraction of sp³-hybridized carbons (Fsp3) is 0.438. The van der Waals surface area contributed by atoms with E-state index in [0.717, 1.165) is 16.8 Å². The van der Waals surface area contributed by atoms with Crippen molar-refractivity contribution in [3.8, 4) is 11.4 Å². The number of ether oxygens (including phenoxy) is 1. The molecule has 0 radical (unpaired) electrons. The number of pyridine rings is 1. The average Bonchev–Trinajstić information content (AvgIpc) is 2.81. The van der Waals surface area contributed by atoms with E-state index in [9.17, 15) is 4.79 Å². The van der Waals surface area contributed by atoms with Crippen molar-refractivity contribution in [3.63, 3.8) is 0 Å². The van der Waals surface area contributed by atoms with Crippen LogP contribution in [-0.4, -0.2) is 27.4 Å². The van der Waals surface area contributed by atoms with E-state index >= 15 is 0 Å². The van der Waals surface area contributed by atoms with Crippen LogP contribution in [0.25, 0.3) is 11.4 Å². The normalized spacial score (nSPS) is 10.3. The maximum absolute atomic E-state index is 12.0. The topological polar surface area (TPSA) is 49.0 Å². The SMILES string of the molecule is C.CCn1nc(-c2c(C)cc(C)c(=S)n2C)c(Cl)c1C(=O)OC. The Morgan fingerprint density at radius 3 is 2.52 bits per heavy atom. The molecule has 0 bridgehead atoms. The number of carbonyl (C=O) groups excluding carboxylic acids is 1. The van der Waals surface area contributed by atoms with Crippen molar-refractivity contribution < 1.29 is 9.53 Å². The molecule has 0 aliphatic rings. The van der Waals surface area contributed by atoms with Crippen molar-refractivity contribution in [2.24, 2.45) is 7.05 Å². The van der Waals surface area contributed by atoms with Gasteiger partial charge in [0, 0.05) is 13.6 Å². The molecular weight excluding hydrogens is 334 g/mol. The van der Waals surface area contributed by atoms with Crippen LogP contribution in [0.3, 0.4) is 0 Å².